The summed E-state index contributed by atoms with van der Waals surface area (Å²) < 4.78 is 1.42. The number of nitrogens with zero attached hydrogens (tertiary/aromatic N) is 4. The molecule has 112 valence electrons. The fraction of sp³-hybridized carbons (Fsp3) is 0.500. The first kappa shape index (κ1) is 13.8. The number of carbonyl (C=O) groups excluding carboxylic acids is 1. The minimum Gasteiger partial charge on any atom is -0.358 e. The van der Waals surface area contributed by atoms with E-state index in [1.165, 1.54) is 15.7 Å². The van der Waals surface area contributed by atoms with Gasteiger partial charge in [-0.1, -0.05) is 11.3 Å². The van der Waals surface area contributed by atoms with E-state index in [0.29, 0.717) is 4.96 Å². The second kappa shape index (κ2) is 5.68. The fourth-order valence-electron chi connectivity index (χ4n) is 2.48. The second-order valence-electron chi connectivity index (χ2n) is 4.89. The highest BCUT2D eigenvalue weighted by molar-refractivity contribution is 7.15. The standard InChI is InChI=1S/C12H15N5O3S/c18-9(15-4-2-1-3-5-15)8-13-10-11(17(19)20)16-6-7-21-12(16)14-10/h6-7,13H,1-5,8H2. The third-order valence-electron chi connectivity index (χ3n) is 3.53. The number of nitrogens with one attached hydrogen (secondary N) is 1. The van der Waals surface area contributed by atoms with Gasteiger partial charge >= 0.3 is 5.82 Å². The zero-order chi connectivity index (χ0) is 14.8. The third kappa shape index (κ3) is 2.68. The Labute approximate surface area is 124 Å². The van der Waals surface area contributed by atoms with Gasteiger partial charge < -0.3 is 20.3 Å². The van der Waals surface area contributed by atoms with Gasteiger partial charge in [0, 0.05) is 18.5 Å². The van der Waals surface area contributed by atoms with E-state index in [0.717, 1.165) is 32.4 Å². The van der Waals surface area contributed by atoms with Gasteiger partial charge in [0.05, 0.1) is 6.54 Å². The first-order valence-corrected chi connectivity index (χ1v) is 7.66. The quantitative estimate of drug-likeness (QED) is 0.686. The lowest BCUT2D eigenvalue weighted by Crippen LogP contribution is -2.39. The van der Waals surface area contributed by atoms with Gasteiger partial charge in [0.25, 0.3) is 4.96 Å². The molecule has 0 spiro atoms. The number of fused-ring (bicyclic) bond motifs is 1. The molecule has 1 aliphatic heterocycles. The maximum atomic E-state index is 12.1. The van der Waals surface area contributed by atoms with Crippen LogP contribution in [-0.2, 0) is 4.79 Å². The van der Waals surface area contributed by atoms with Crippen LogP contribution in [0.5, 0.6) is 0 Å². The van der Waals surface area contributed by atoms with Crippen LogP contribution in [0.25, 0.3) is 4.96 Å². The number of amides is 1. The van der Waals surface area contributed by atoms with Crippen molar-refractivity contribution in [2.45, 2.75) is 19.3 Å². The number of hydrogen-bond donors (Lipinski definition) is 1. The van der Waals surface area contributed by atoms with Gasteiger partial charge in [0.1, 0.15) is 6.20 Å². The number of thiazole rings is 1. The molecule has 0 aromatic carbocycles. The van der Waals surface area contributed by atoms with Crippen molar-refractivity contribution >= 4 is 33.8 Å². The molecule has 0 radical (unpaired) electrons. The van der Waals surface area contributed by atoms with E-state index in [1.807, 2.05) is 0 Å². The molecule has 2 aromatic rings. The van der Waals surface area contributed by atoms with Gasteiger partial charge in [-0.25, -0.2) is 0 Å². The molecular weight excluding hydrogens is 294 g/mol. The van der Waals surface area contributed by atoms with Crippen LogP contribution in [0.3, 0.4) is 0 Å². The Morgan fingerprint density at radius 3 is 2.90 bits per heavy atom. The van der Waals surface area contributed by atoms with Crippen LogP contribution in [0.15, 0.2) is 11.6 Å². The van der Waals surface area contributed by atoms with Crippen LogP contribution >= 0.6 is 11.3 Å². The molecule has 1 N–H and O–H groups in total. The van der Waals surface area contributed by atoms with Gasteiger partial charge in [-0.2, -0.15) is 9.38 Å². The van der Waals surface area contributed by atoms with Crippen LogP contribution in [0.2, 0.25) is 0 Å². The Kier molecular flexibility index (Phi) is 3.74. The van der Waals surface area contributed by atoms with E-state index in [2.05, 4.69) is 10.3 Å². The maximum Gasteiger partial charge on any atom is 0.372 e. The first-order valence-electron chi connectivity index (χ1n) is 6.78. The van der Waals surface area contributed by atoms with E-state index in [1.54, 1.807) is 16.5 Å². The predicted molar refractivity (Wildman–Crippen MR) is 78.6 cm³/mol. The van der Waals surface area contributed by atoms with Crippen LogP contribution in [0, 0.1) is 10.1 Å². The molecule has 0 unspecified atom stereocenters. The Morgan fingerprint density at radius 2 is 2.19 bits per heavy atom. The average molecular weight is 309 g/mol. The molecule has 0 aliphatic carbocycles. The van der Waals surface area contributed by atoms with Crippen LogP contribution in [-0.4, -0.2) is 44.7 Å². The lowest BCUT2D eigenvalue weighted by molar-refractivity contribution is -0.389. The van der Waals surface area contributed by atoms with Crippen molar-refractivity contribution in [3.8, 4) is 0 Å². The summed E-state index contributed by atoms with van der Waals surface area (Å²) in [7, 11) is 0. The highest BCUT2D eigenvalue weighted by Gasteiger charge is 2.24. The molecular formula is C12H15N5O3S. The summed E-state index contributed by atoms with van der Waals surface area (Å²) in [5.41, 5.74) is 0. The molecule has 21 heavy (non-hydrogen) atoms. The molecule has 9 heteroatoms. The number of anilines is 1. The Hall–Kier alpha value is -2.16. The number of imidazole rings is 1. The largest absolute Gasteiger partial charge is 0.372 e. The van der Waals surface area contributed by atoms with Crippen molar-refractivity contribution in [1.82, 2.24) is 14.3 Å². The average Bonchev–Trinajstić information content (AvgIpc) is 3.05. The minimum atomic E-state index is -0.486. The summed E-state index contributed by atoms with van der Waals surface area (Å²) >= 11 is 1.31. The van der Waals surface area contributed by atoms with E-state index in [9.17, 15) is 14.9 Å². The molecule has 1 amide bonds. The molecule has 2 aromatic heterocycles. The van der Waals surface area contributed by atoms with Crippen molar-refractivity contribution in [1.29, 1.82) is 0 Å². The topological polar surface area (TPSA) is 92.8 Å². The molecule has 0 atom stereocenters. The van der Waals surface area contributed by atoms with Crippen molar-refractivity contribution in [2.24, 2.45) is 0 Å². The van der Waals surface area contributed by atoms with Crippen molar-refractivity contribution in [3.05, 3.63) is 21.7 Å². The Morgan fingerprint density at radius 1 is 1.43 bits per heavy atom. The molecule has 0 saturated carbocycles. The molecule has 1 fully saturated rings. The van der Waals surface area contributed by atoms with E-state index >= 15 is 0 Å². The summed E-state index contributed by atoms with van der Waals surface area (Å²) in [6, 6.07) is 0. The van der Waals surface area contributed by atoms with E-state index in [-0.39, 0.29) is 24.1 Å². The van der Waals surface area contributed by atoms with E-state index < -0.39 is 4.92 Å². The van der Waals surface area contributed by atoms with Crippen LogP contribution in [0.4, 0.5) is 11.6 Å². The summed E-state index contributed by atoms with van der Waals surface area (Å²) in [5.74, 6) is -0.0183. The summed E-state index contributed by atoms with van der Waals surface area (Å²) in [5, 5.41) is 15.7. The molecule has 3 rings (SSSR count). The number of rotatable bonds is 4. The van der Waals surface area contributed by atoms with Gasteiger partial charge in [-0.15, -0.1) is 0 Å². The number of likely N-dealkylation sites (tertiary alicyclic amines) is 1. The lowest BCUT2D eigenvalue weighted by Gasteiger charge is -2.26. The Bertz CT molecular complexity index is 674. The molecule has 3 heterocycles. The van der Waals surface area contributed by atoms with Crippen molar-refractivity contribution < 1.29 is 9.72 Å². The highest BCUT2D eigenvalue weighted by atomic mass is 32.1. The van der Waals surface area contributed by atoms with Crippen molar-refractivity contribution in [2.75, 3.05) is 25.0 Å². The van der Waals surface area contributed by atoms with Gasteiger partial charge in [-0.3, -0.25) is 4.79 Å². The van der Waals surface area contributed by atoms with Crippen LogP contribution < -0.4 is 5.32 Å². The summed E-state index contributed by atoms with van der Waals surface area (Å²) in [6.45, 7) is 1.56. The van der Waals surface area contributed by atoms with Gasteiger partial charge in [0.15, 0.2) is 0 Å². The van der Waals surface area contributed by atoms with Gasteiger partial charge in [-0.05, 0) is 24.2 Å². The normalized spacial score (nSPS) is 15.3. The molecule has 1 aliphatic rings. The third-order valence-corrected chi connectivity index (χ3v) is 4.28. The number of nitro groups is 1. The zero-order valence-electron chi connectivity index (χ0n) is 11.3. The Balaban J connectivity index is 1.72. The summed E-state index contributed by atoms with van der Waals surface area (Å²) in [6.07, 6.45) is 4.79. The van der Waals surface area contributed by atoms with Crippen LogP contribution in [0.1, 0.15) is 19.3 Å². The minimum absolute atomic E-state index is 0.0334. The lowest BCUT2D eigenvalue weighted by atomic mass is 10.1. The number of hydrogen-bond acceptors (Lipinski definition) is 6. The SMILES string of the molecule is O=C(CNc1nc2sccn2c1[N+](=O)[O-])N1CCCCC1. The fourth-order valence-corrected chi connectivity index (χ4v) is 3.19. The van der Waals surface area contributed by atoms with E-state index in [4.69, 9.17) is 0 Å². The monoisotopic (exact) mass is 309 g/mol. The van der Waals surface area contributed by atoms with Gasteiger partial charge in [0.2, 0.25) is 11.7 Å². The summed E-state index contributed by atoms with van der Waals surface area (Å²) in [4.78, 5) is 29.2. The molecule has 8 nitrogen and oxygen atoms in total. The number of carbonyl (C=O) groups is 1. The molecule has 0 bridgehead atoms. The second-order valence-corrected chi connectivity index (χ2v) is 5.76. The molecule has 1 saturated heterocycles. The van der Waals surface area contributed by atoms with Crippen molar-refractivity contribution in [3.63, 3.8) is 0 Å². The predicted octanol–water partition coefficient (Wildman–Crippen LogP) is 1.73. The number of aromatic nitrogens is 2. The smallest absolute Gasteiger partial charge is 0.358 e. The zero-order valence-corrected chi connectivity index (χ0v) is 12.1. The maximum absolute atomic E-state index is 12.1. The first-order chi connectivity index (χ1) is 10.2. The number of piperidine rings is 1. The highest BCUT2D eigenvalue weighted by Crippen LogP contribution is 2.27.